The number of ether oxygens (including phenoxy) is 3. The lowest BCUT2D eigenvalue weighted by molar-refractivity contribution is -0.180. The summed E-state index contributed by atoms with van der Waals surface area (Å²) in [4.78, 5) is 34.0. The van der Waals surface area contributed by atoms with E-state index in [0.717, 1.165) is 0 Å². The van der Waals surface area contributed by atoms with E-state index in [4.69, 9.17) is 14.6 Å². The molecule has 1 N–H and O–H groups in total. The number of aliphatic hydroxyl groups excluding tert-OH is 1. The van der Waals surface area contributed by atoms with Crippen molar-refractivity contribution in [2.75, 3.05) is 0 Å². The molecule has 3 unspecified atom stereocenters. The molecular weight excluding hydrogens is 328 g/mol. The maximum atomic E-state index is 11.5. The highest BCUT2D eigenvalue weighted by Crippen LogP contribution is 2.04. The summed E-state index contributed by atoms with van der Waals surface area (Å²) < 4.78 is 14.3. The molecule has 0 aromatic rings. The minimum absolute atomic E-state index is 0.320. The molecule has 0 heterocycles. The molecule has 25 heavy (non-hydrogen) atoms. The van der Waals surface area contributed by atoms with Crippen LogP contribution in [-0.4, -0.2) is 47.4 Å². The van der Waals surface area contributed by atoms with E-state index >= 15 is 0 Å². The zero-order valence-electron chi connectivity index (χ0n) is 16.5. The molecular formula is C18H32O7. The summed E-state index contributed by atoms with van der Waals surface area (Å²) in [5, 5.41) is 8.92. The van der Waals surface area contributed by atoms with Crippen molar-refractivity contribution in [3.8, 4) is 0 Å². The minimum Gasteiger partial charge on any atom is -0.460 e. The smallest absolute Gasteiger partial charge is 0.347 e. The van der Waals surface area contributed by atoms with Gasteiger partial charge >= 0.3 is 17.9 Å². The normalized spacial score (nSPS) is 12.6. The van der Waals surface area contributed by atoms with Crippen molar-refractivity contribution < 1.29 is 33.7 Å². The Morgan fingerprint density at radius 3 is 1.48 bits per heavy atom. The van der Waals surface area contributed by atoms with E-state index in [1.54, 1.807) is 19.9 Å². The van der Waals surface area contributed by atoms with Crippen molar-refractivity contribution in [3.63, 3.8) is 0 Å². The number of hydrogen-bond acceptors (Lipinski definition) is 7. The van der Waals surface area contributed by atoms with Gasteiger partial charge in [-0.05, 0) is 47.6 Å². The Labute approximate surface area is 150 Å². The van der Waals surface area contributed by atoms with Crippen molar-refractivity contribution >= 4 is 17.9 Å². The first kappa shape index (κ1) is 27.7. The van der Waals surface area contributed by atoms with Gasteiger partial charge in [0.2, 0.25) is 0 Å². The van der Waals surface area contributed by atoms with E-state index in [1.165, 1.54) is 20.8 Å². The maximum absolute atomic E-state index is 11.5. The molecule has 0 rings (SSSR count). The van der Waals surface area contributed by atoms with E-state index in [2.05, 4.69) is 17.0 Å². The van der Waals surface area contributed by atoms with Crippen LogP contribution in [0.25, 0.3) is 0 Å². The molecule has 0 radical (unpaired) electrons. The largest absolute Gasteiger partial charge is 0.460 e. The van der Waals surface area contributed by atoms with Crippen molar-refractivity contribution in [2.24, 2.45) is 0 Å². The number of hydrogen-bond donors (Lipinski definition) is 1. The van der Waals surface area contributed by atoms with Gasteiger partial charge in [-0.25, -0.2) is 14.4 Å². The first-order chi connectivity index (χ1) is 11.6. The Balaban J connectivity index is -0.000000701. The average molecular weight is 360 g/mol. The van der Waals surface area contributed by atoms with E-state index in [1.807, 2.05) is 20.8 Å². The number of allylic oxidation sites excluding steroid dienone is 1. The number of rotatable bonds is 6. The second-order valence-electron chi connectivity index (χ2n) is 4.81. The molecule has 0 spiro atoms. The number of aliphatic hydroxyl groups is 1. The maximum Gasteiger partial charge on any atom is 0.347 e. The Hall–Kier alpha value is -2.11. The van der Waals surface area contributed by atoms with Gasteiger partial charge in [-0.15, -0.1) is 5.73 Å². The van der Waals surface area contributed by atoms with Crippen molar-refractivity contribution in [3.05, 3.63) is 18.4 Å². The Bertz CT molecular complexity index is 435. The molecule has 7 nitrogen and oxygen atoms in total. The minimum atomic E-state index is -1.33. The van der Waals surface area contributed by atoms with Crippen LogP contribution in [0.3, 0.4) is 0 Å². The molecule has 0 saturated carbocycles. The van der Waals surface area contributed by atoms with Crippen LogP contribution in [0.15, 0.2) is 18.4 Å². The molecule has 146 valence electrons. The molecule has 0 saturated heterocycles. The van der Waals surface area contributed by atoms with Crippen LogP contribution >= 0.6 is 0 Å². The van der Waals surface area contributed by atoms with Crippen molar-refractivity contribution in [2.45, 2.75) is 79.8 Å². The first-order valence-electron chi connectivity index (χ1n) is 8.16. The summed E-state index contributed by atoms with van der Waals surface area (Å²) in [6, 6.07) is 0. The van der Waals surface area contributed by atoms with Gasteiger partial charge in [0.1, 0.15) is 6.10 Å². The SMILES string of the molecule is C=C=CC.CC.CC(C)OC(=O)C(C)OC(=O)C(C)OC(=O)C(C)O. The molecule has 0 bridgehead atoms. The third-order valence-corrected chi connectivity index (χ3v) is 2.15. The van der Waals surface area contributed by atoms with Crippen LogP contribution in [0, 0.1) is 0 Å². The quantitative estimate of drug-likeness (QED) is 0.441. The van der Waals surface area contributed by atoms with Crippen LogP contribution in [0.4, 0.5) is 0 Å². The number of carbonyl (C=O) groups is 3. The predicted octanol–water partition coefficient (Wildman–Crippen LogP) is 2.56. The third kappa shape index (κ3) is 16.5. The molecule has 7 heteroatoms. The summed E-state index contributed by atoms with van der Waals surface area (Å²) in [6.07, 6.45) is -2.20. The summed E-state index contributed by atoms with van der Waals surface area (Å²) >= 11 is 0. The van der Waals surface area contributed by atoms with Crippen LogP contribution < -0.4 is 0 Å². The Morgan fingerprint density at radius 1 is 0.880 bits per heavy atom. The summed E-state index contributed by atoms with van der Waals surface area (Å²) in [5.41, 5.74) is 2.56. The molecule has 0 amide bonds. The van der Waals surface area contributed by atoms with Crippen LogP contribution in [-0.2, 0) is 28.6 Å². The van der Waals surface area contributed by atoms with E-state index in [9.17, 15) is 14.4 Å². The Morgan fingerprint density at radius 2 is 1.20 bits per heavy atom. The van der Waals surface area contributed by atoms with Crippen LogP contribution in [0.5, 0.6) is 0 Å². The number of carbonyl (C=O) groups excluding carboxylic acids is 3. The van der Waals surface area contributed by atoms with E-state index in [0.29, 0.717) is 0 Å². The predicted molar refractivity (Wildman–Crippen MR) is 94.7 cm³/mol. The van der Waals surface area contributed by atoms with Crippen LogP contribution in [0.2, 0.25) is 0 Å². The molecule has 0 aliphatic rings. The highest BCUT2D eigenvalue weighted by molar-refractivity contribution is 5.83. The standard InChI is InChI=1S/C12H20O7.C4H6.C2H6/c1-6(2)17-11(15)8(4)19-12(16)9(5)18-10(14)7(3)13;1-3-4-2;1-2/h6-9,13H,1-5H3;4H,1H2,2H3;1-2H3. The second-order valence-corrected chi connectivity index (χ2v) is 4.81. The lowest BCUT2D eigenvalue weighted by Crippen LogP contribution is -2.35. The fourth-order valence-electron chi connectivity index (χ4n) is 0.967. The van der Waals surface area contributed by atoms with Gasteiger partial charge in [-0.2, -0.15) is 0 Å². The van der Waals surface area contributed by atoms with Gasteiger partial charge in [0, 0.05) is 0 Å². The highest BCUT2D eigenvalue weighted by atomic mass is 16.6. The molecule has 3 atom stereocenters. The molecule has 0 aliphatic heterocycles. The topological polar surface area (TPSA) is 99.1 Å². The lowest BCUT2D eigenvalue weighted by Gasteiger charge is -2.18. The summed E-state index contributed by atoms with van der Waals surface area (Å²) in [5.74, 6) is -2.51. The second kappa shape index (κ2) is 16.7. The van der Waals surface area contributed by atoms with Crippen molar-refractivity contribution in [1.29, 1.82) is 0 Å². The fraction of sp³-hybridized carbons (Fsp3) is 0.667. The first-order valence-corrected chi connectivity index (χ1v) is 8.16. The highest BCUT2D eigenvalue weighted by Gasteiger charge is 2.26. The van der Waals surface area contributed by atoms with Crippen molar-refractivity contribution in [1.82, 2.24) is 0 Å². The zero-order chi connectivity index (χ0) is 20.6. The van der Waals surface area contributed by atoms with Crippen LogP contribution in [0.1, 0.15) is 55.4 Å². The van der Waals surface area contributed by atoms with E-state index < -0.39 is 36.2 Å². The zero-order valence-corrected chi connectivity index (χ0v) is 16.5. The summed E-state index contributed by atoms with van der Waals surface area (Å²) in [6.45, 7) is 16.4. The average Bonchev–Trinajstić information content (AvgIpc) is 2.55. The van der Waals surface area contributed by atoms with Gasteiger partial charge in [-0.3, -0.25) is 0 Å². The monoisotopic (exact) mass is 360 g/mol. The van der Waals surface area contributed by atoms with E-state index in [-0.39, 0.29) is 6.10 Å². The Kier molecular flexibility index (Phi) is 18.6. The molecule has 0 fully saturated rings. The van der Waals surface area contributed by atoms with Gasteiger partial charge in [-0.1, -0.05) is 20.4 Å². The number of esters is 3. The van der Waals surface area contributed by atoms with Gasteiger partial charge in [0.15, 0.2) is 12.2 Å². The fourth-order valence-corrected chi connectivity index (χ4v) is 0.967. The third-order valence-electron chi connectivity index (χ3n) is 2.15. The molecule has 0 aromatic carbocycles. The van der Waals surface area contributed by atoms with Gasteiger partial charge < -0.3 is 19.3 Å². The summed E-state index contributed by atoms with van der Waals surface area (Å²) in [7, 11) is 0. The van der Waals surface area contributed by atoms with Gasteiger partial charge in [0.05, 0.1) is 6.10 Å². The van der Waals surface area contributed by atoms with Gasteiger partial charge in [0.25, 0.3) is 0 Å². The molecule has 0 aromatic heterocycles. The lowest BCUT2D eigenvalue weighted by atomic mass is 10.3. The molecule has 0 aliphatic carbocycles.